The van der Waals surface area contributed by atoms with Crippen LogP contribution in [0.15, 0.2) is 71.1 Å². The van der Waals surface area contributed by atoms with E-state index >= 15 is 0 Å². The molecule has 3 heteroatoms. The Morgan fingerprint density at radius 2 is 1.52 bits per heavy atom. The normalized spacial score (nSPS) is 12.3. The molecule has 1 aliphatic carbocycles. The minimum absolute atomic E-state index is 0.0223. The predicted octanol–water partition coefficient (Wildman–Crippen LogP) is 5.32. The second-order valence-electron chi connectivity index (χ2n) is 6.06. The number of hydrogen-bond donors (Lipinski definition) is 0. The monoisotopic (exact) mass is 326 g/mol. The van der Waals surface area contributed by atoms with Gasteiger partial charge in [-0.3, -0.25) is 4.79 Å². The van der Waals surface area contributed by atoms with E-state index < -0.39 is 0 Å². The largest absolute Gasteiger partial charge is 0.496 e. The first-order valence-electron chi connectivity index (χ1n) is 8.12. The van der Waals surface area contributed by atoms with Gasteiger partial charge in [-0.15, -0.1) is 0 Å². The van der Waals surface area contributed by atoms with E-state index in [9.17, 15) is 4.79 Å². The first kappa shape index (κ1) is 14.1. The van der Waals surface area contributed by atoms with Crippen molar-refractivity contribution >= 4 is 16.8 Å². The lowest BCUT2D eigenvalue weighted by Gasteiger charge is -2.18. The van der Waals surface area contributed by atoms with Crippen molar-refractivity contribution < 1.29 is 13.9 Å². The summed E-state index contributed by atoms with van der Waals surface area (Å²) in [5.74, 6) is 1.34. The predicted molar refractivity (Wildman–Crippen MR) is 97.1 cm³/mol. The molecule has 0 aliphatic heterocycles. The molecule has 3 aromatic carbocycles. The molecule has 0 atom stereocenters. The Hall–Kier alpha value is -3.33. The molecule has 0 spiro atoms. The van der Waals surface area contributed by atoms with E-state index in [2.05, 4.69) is 0 Å². The fourth-order valence-electron chi connectivity index (χ4n) is 3.65. The fraction of sp³-hybridized carbons (Fsp3) is 0.0455. The van der Waals surface area contributed by atoms with Crippen molar-refractivity contribution in [3.63, 3.8) is 0 Å². The molecule has 0 saturated heterocycles. The van der Waals surface area contributed by atoms with E-state index in [4.69, 9.17) is 9.15 Å². The van der Waals surface area contributed by atoms with E-state index in [1.165, 1.54) is 0 Å². The third-order valence-corrected chi connectivity index (χ3v) is 4.74. The van der Waals surface area contributed by atoms with Crippen LogP contribution in [0.3, 0.4) is 0 Å². The average molecular weight is 326 g/mol. The zero-order chi connectivity index (χ0) is 17.0. The van der Waals surface area contributed by atoms with E-state index in [1.807, 2.05) is 60.7 Å². The van der Waals surface area contributed by atoms with Crippen molar-refractivity contribution in [2.45, 2.75) is 0 Å². The minimum atomic E-state index is -0.0223. The highest BCUT2D eigenvalue weighted by Gasteiger charge is 2.32. The van der Waals surface area contributed by atoms with E-state index in [-0.39, 0.29) is 5.78 Å². The number of ether oxygens (including phenoxy) is 1. The Kier molecular flexibility index (Phi) is 2.86. The Morgan fingerprint density at radius 1 is 0.800 bits per heavy atom. The molecule has 0 unspecified atom stereocenters. The average Bonchev–Trinajstić information content (AvgIpc) is 3.06. The minimum Gasteiger partial charge on any atom is -0.496 e. The van der Waals surface area contributed by atoms with Gasteiger partial charge in [-0.25, -0.2) is 0 Å². The molecule has 0 radical (unpaired) electrons. The van der Waals surface area contributed by atoms with Crippen LogP contribution in [0.1, 0.15) is 15.9 Å². The van der Waals surface area contributed by atoms with E-state index in [0.717, 1.165) is 27.8 Å². The molecular formula is C22H14O3. The van der Waals surface area contributed by atoms with Gasteiger partial charge in [0.25, 0.3) is 0 Å². The van der Waals surface area contributed by atoms with Crippen LogP contribution in [0, 0.1) is 0 Å². The number of furan rings is 1. The highest BCUT2D eigenvalue weighted by molar-refractivity contribution is 6.28. The number of hydrogen-bond acceptors (Lipinski definition) is 3. The molecule has 120 valence electrons. The number of carbonyl (C=O) groups excluding carboxylic acids is 1. The molecule has 0 bridgehead atoms. The Bertz CT molecular complexity index is 1140. The lowest BCUT2D eigenvalue weighted by atomic mass is 9.83. The quantitative estimate of drug-likeness (QED) is 0.441. The number of ketones is 1. The molecule has 4 aromatic rings. The third kappa shape index (κ3) is 1.83. The number of methoxy groups -OCH3 is 1. The molecule has 1 heterocycles. The summed E-state index contributed by atoms with van der Waals surface area (Å²) in [6, 6.07) is 21.3. The van der Waals surface area contributed by atoms with E-state index in [1.54, 1.807) is 13.2 Å². The fourth-order valence-corrected chi connectivity index (χ4v) is 3.65. The van der Waals surface area contributed by atoms with Crippen LogP contribution >= 0.6 is 0 Å². The summed E-state index contributed by atoms with van der Waals surface area (Å²) in [4.78, 5) is 13.1. The molecule has 0 fully saturated rings. The van der Waals surface area contributed by atoms with Crippen molar-refractivity contribution in [1.29, 1.82) is 0 Å². The van der Waals surface area contributed by atoms with Crippen molar-refractivity contribution in [2.75, 3.05) is 7.11 Å². The lowest BCUT2D eigenvalue weighted by Crippen LogP contribution is -2.10. The van der Waals surface area contributed by atoms with E-state index in [0.29, 0.717) is 22.5 Å². The second kappa shape index (κ2) is 5.08. The zero-order valence-corrected chi connectivity index (χ0v) is 13.6. The Labute approximate surface area is 144 Å². The van der Waals surface area contributed by atoms with Crippen LogP contribution in [0.25, 0.3) is 33.4 Å². The first-order valence-corrected chi connectivity index (χ1v) is 8.12. The number of benzene rings is 3. The van der Waals surface area contributed by atoms with Gasteiger partial charge in [0.05, 0.1) is 12.7 Å². The standard InChI is InChI=1S/C22H14O3/c1-24-16-11-12-17-19-18(22(25-17)13-7-3-2-4-8-13)14-9-5-6-10-15(14)21(23)20(16)19/h2-12H,1H3. The highest BCUT2D eigenvalue weighted by atomic mass is 16.5. The molecule has 3 nitrogen and oxygen atoms in total. The van der Waals surface area contributed by atoms with Crippen LogP contribution in [-0.2, 0) is 0 Å². The highest BCUT2D eigenvalue weighted by Crippen LogP contribution is 2.49. The van der Waals surface area contributed by atoms with Gasteiger partial charge in [0.2, 0.25) is 0 Å². The van der Waals surface area contributed by atoms with Crippen LogP contribution in [-0.4, -0.2) is 12.9 Å². The smallest absolute Gasteiger partial charge is 0.198 e. The maximum absolute atomic E-state index is 13.1. The summed E-state index contributed by atoms with van der Waals surface area (Å²) < 4.78 is 11.7. The summed E-state index contributed by atoms with van der Waals surface area (Å²) in [6.07, 6.45) is 0. The second-order valence-corrected chi connectivity index (χ2v) is 6.06. The van der Waals surface area contributed by atoms with Crippen molar-refractivity contribution in [2.24, 2.45) is 0 Å². The molecule has 0 saturated carbocycles. The first-order chi connectivity index (χ1) is 12.3. The van der Waals surface area contributed by atoms with Crippen LogP contribution in [0.5, 0.6) is 5.75 Å². The van der Waals surface area contributed by atoms with Gasteiger partial charge >= 0.3 is 0 Å². The van der Waals surface area contributed by atoms with Gasteiger partial charge in [-0.2, -0.15) is 0 Å². The number of fused-ring (bicyclic) bond motifs is 2. The number of carbonyl (C=O) groups is 1. The topological polar surface area (TPSA) is 39.4 Å². The van der Waals surface area contributed by atoms with Crippen LogP contribution < -0.4 is 4.74 Å². The summed E-state index contributed by atoms with van der Waals surface area (Å²) in [5.41, 5.74) is 4.82. The molecule has 1 aliphatic rings. The molecule has 25 heavy (non-hydrogen) atoms. The van der Waals surface area contributed by atoms with Crippen LogP contribution in [0.4, 0.5) is 0 Å². The summed E-state index contributed by atoms with van der Waals surface area (Å²) in [5, 5.41) is 0.835. The molecule has 0 N–H and O–H groups in total. The van der Waals surface area contributed by atoms with Crippen molar-refractivity contribution in [1.82, 2.24) is 0 Å². The van der Waals surface area contributed by atoms with Gasteiger partial charge in [-0.05, 0) is 17.7 Å². The van der Waals surface area contributed by atoms with Crippen LogP contribution in [0.2, 0.25) is 0 Å². The number of rotatable bonds is 2. The SMILES string of the molecule is COc1ccc2oc(-c3ccccc3)c3c2c1C(=O)c1ccccc1-3. The summed E-state index contributed by atoms with van der Waals surface area (Å²) >= 11 is 0. The van der Waals surface area contributed by atoms with Gasteiger partial charge in [0, 0.05) is 22.1 Å². The molecular weight excluding hydrogens is 312 g/mol. The molecule has 0 amide bonds. The van der Waals surface area contributed by atoms with Gasteiger partial charge in [-0.1, -0.05) is 54.6 Å². The van der Waals surface area contributed by atoms with Gasteiger partial charge in [0.1, 0.15) is 17.1 Å². The summed E-state index contributed by atoms with van der Waals surface area (Å²) in [7, 11) is 1.59. The zero-order valence-electron chi connectivity index (χ0n) is 13.6. The maximum Gasteiger partial charge on any atom is 0.198 e. The molecule has 1 aromatic heterocycles. The summed E-state index contributed by atoms with van der Waals surface area (Å²) in [6.45, 7) is 0. The molecule has 5 rings (SSSR count). The Morgan fingerprint density at radius 3 is 2.28 bits per heavy atom. The lowest BCUT2D eigenvalue weighted by molar-refractivity contribution is 0.103. The third-order valence-electron chi connectivity index (χ3n) is 4.74. The van der Waals surface area contributed by atoms with Crippen molar-refractivity contribution in [3.05, 3.63) is 77.9 Å². The van der Waals surface area contributed by atoms with Gasteiger partial charge in [0.15, 0.2) is 5.78 Å². The van der Waals surface area contributed by atoms with Gasteiger partial charge < -0.3 is 9.15 Å². The Balaban J connectivity index is 1.99. The van der Waals surface area contributed by atoms with Crippen molar-refractivity contribution in [3.8, 4) is 28.2 Å². The maximum atomic E-state index is 13.1.